The summed E-state index contributed by atoms with van der Waals surface area (Å²) in [6.07, 6.45) is 1.63. The SMILES string of the molecule is O=C1NC(=O)C2(COc3c2cc(Cl)c2cccnc32)N1. The Bertz CT molecular complexity index is 792. The zero-order chi connectivity index (χ0) is 13.9. The van der Waals surface area contributed by atoms with E-state index >= 15 is 0 Å². The molecule has 2 aromatic rings. The van der Waals surface area contributed by atoms with Crippen LogP contribution in [-0.2, 0) is 10.3 Å². The fourth-order valence-corrected chi connectivity index (χ4v) is 2.94. The van der Waals surface area contributed by atoms with Crippen molar-refractivity contribution in [1.29, 1.82) is 0 Å². The maximum absolute atomic E-state index is 12.1. The molecule has 1 fully saturated rings. The first-order valence-corrected chi connectivity index (χ1v) is 6.34. The largest absolute Gasteiger partial charge is 0.487 e. The van der Waals surface area contributed by atoms with Crippen LogP contribution in [0.5, 0.6) is 5.75 Å². The summed E-state index contributed by atoms with van der Waals surface area (Å²) in [6, 6.07) is 4.71. The van der Waals surface area contributed by atoms with E-state index in [1.165, 1.54) is 0 Å². The van der Waals surface area contributed by atoms with Crippen LogP contribution in [0.3, 0.4) is 0 Å². The Morgan fingerprint density at radius 3 is 3.00 bits per heavy atom. The molecule has 4 rings (SSSR count). The van der Waals surface area contributed by atoms with Crippen molar-refractivity contribution in [3.05, 3.63) is 35.0 Å². The molecule has 0 saturated carbocycles. The topological polar surface area (TPSA) is 80.3 Å². The Labute approximate surface area is 118 Å². The molecular weight excluding hydrogens is 282 g/mol. The molecule has 6 nitrogen and oxygen atoms in total. The lowest BCUT2D eigenvalue weighted by atomic mass is 9.91. The van der Waals surface area contributed by atoms with Crippen molar-refractivity contribution in [2.24, 2.45) is 0 Å². The van der Waals surface area contributed by atoms with Crippen molar-refractivity contribution in [2.45, 2.75) is 5.54 Å². The van der Waals surface area contributed by atoms with Gasteiger partial charge in [-0.3, -0.25) is 15.1 Å². The van der Waals surface area contributed by atoms with Crippen LogP contribution >= 0.6 is 11.6 Å². The fourth-order valence-electron chi connectivity index (χ4n) is 2.68. The first kappa shape index (κ1) is 11.5. The normalized spacial score (nSPS) is 23.6. The zero-order valence-corrected chi connectivity index (χ0v) is 10.8. The maximum atomic E-state index is 12.1. The van der Waals surface area contributed by atoms with E-state index in [4.69, 9.17) is 16.3 Å². The van der Waals surface area contributed by atoms with Gasteiger partial charge in [-0.05, 0) is 18.2 Å². The molecule has 7 heteroatoms. The minimum Gasteiger partial charge on any atom is -0.487 e. The van der Waals surface area contributed by atoms with E-state index in [2.05, 4.69) is 15.6 Å². The Hall–Kier alpha value is -2.34. The number of carbonyl (C=O) groups excluding carboxylic acids is 2. The predicted molar refractivity (Wildman–Crippen MR) is 70.6 cm³/mol. The van der Waals surface area contributed by atoms with Gasteiger partial charge in [-0.2, -0.15) is 0 Å². The van der Waals surface area contributed by atoms with E-state index in [1.807, 2.05) is 6.07 Å². The molecule has 2 aliphatic rings. The molecule has 2 aliphatic heterocycles. The van der Waals surface area contributed by atoms with Crippen LogP contribution in [0.1, 0.15) is 5.56 Å². The molecule has 0 aliphatic carbocycles. The summed E-state index contributed by atoms with van der Waals surface area (Å²) < 4.78 is 5.63. The predicted octanol–water partition coefficient (Wildman–Crippen LogP) is 1.32. The maximum Gasteiger partial charge on any atom is 0.322 e. The Kier molecular flexibility index (Phi) is 2.07. The van der Waals surface area contributed by atoms with E-state index in [9.17, 15) is 9.59 Å². The number of rotatable bonds is 0. The Morgan fingerprint density at radius 1 is 1.40 bits per heavy atom. The van der Waals surface area contributed by atoms with Gasteiger partial charge < -0.3 is 10.1 Å². The van der Waals surface area contributed by atoms with Crippen LogP contribution in [0.15, 0.2) is 24.4 Å². The van der Waals surface area contributed by atoms with Gasteiger partial charge in [-0.15, -0.1) is 0 Å². The third-order valence-corrected chi connectivity index (χ3v) is 3.94. The van der Waals surface area contributed by atoms with Crippen molar-refractivity contribution < 1.29 is 14.3 Å². The van der Waals surface area contributed by atoms with Gasteiger partial charge in [-0.1, -0.05) is 11.6 Å². The fraction of sp³-hybridized carbons (Fsp3) is 0.154. The molecule has 1 saturated heterocycles. The molecule has 2 N–H and O–H groups in total. The number of ether oxygens (including phenoxy) is 1. The first-order chi connectivity index (χ1) is 9.62. The lowest BCUT2D eigenvalue weighted by Gasteiger charge is -2.18. The molecule has 3 heterocycles. The summed E-state index contributed by atoms with van der Waals surface area (Å²) in [4.78, 5) is 27.8. The van der Waals surface area contributed by atoms with E-state index in [1.54, 1.807) is 18.3 Å². The van der Waals surface area contributed by atoms with Crippen molar-refractivity contribution in [2.75, 3.05) is 6.61 Å². The minimum absolute atomic E-state index is 0.0337. The van der Waals surface area contributed by atoms with E-state index in [0.717, 1.165) is 5.39 Å². The zero-order valence-electron chi connectivity index (χ0n) is 10.1. The monoisotopic (exact) mass is 289 g/mol. The number of nitrogens with zero attached hydrogens (tertiary/aromatic N) is 1. The number of hydrogen-bond acceptors (Lipinski definition) is 4. The quantitative estimate of drug-likeness (QED) is 0.717. The highest BCUT2D eigenvalue weighted by Gasteiger charge is 2.54. The number of pyridine rings is 1. The van der Waals surface area contributed by atoms with Crippen LogP contribution in [0.2, 0.25) is 5.02 Å². The third kappa shape index (κ3) is 1.26. The highest BCUT2D eigenvalue weighted by molar-refractivity contribution is 6.36. The van der Waals surface area contributed by atoms with Gasteiger partial charge in [0.1, 0.15) is 12.1 Å². The molecular formula is C13H8ClN3O3. The van der Waals surface area contributed by atoms with Crippen LogP contribution in [0.4, 0.5) is 4.79 Å². The standard InChI is InChI=1S/C13H8ClN3O3/c14-8-4-7-10(9-6(8)2-1-3-15-9)20-5-13(7)11(18)16-12(19)17-13/h1-4H,5H2,(H2,16,17,18,19). The third-order valence-electron chi connectivity index (χ3n) is 3.63. The molecule has 20 heavy (non-hydrogen) atoms. The smallest absolute Gasteiger partial charge is 0.322 e. The number of imide groups is 1. The van der Waals surface area contributed by atoms with Gasteiger partial charge >= 0.3 is 6.03 Å². The van der Waals surface area contributed by atoms with Crippen molar-refractivity contribution in [3.8, 4) is 5.75 Å². The highest BCUT2D eigenvalue weighted by atomic mass is 35.5. The van der Waals surface area contributed by atoms with Gasteiger partial charge in [0.15, 0.2) is 11.3 Å². The summed E-state index contributed by atoms with van der Waals surface area (Å²) in [7, 11) is 0. The number of aromatic nitrogens is 1. The first-order valence-electron chi connectivity index (χ1n) is 5.96. The molecule has 3 amide bonds. The van der Waals surface area contributed by atoms with Gasteiger partial charge in [0.05, 0.1) is 5.02 Å². The average molecular weight is 290 g/mol. The number of benzene rings is 1. The molecule has 100 valence electrons. The second kappa shape index (κ2) is 3.61. The summed E-state index contributed by atoms with van der Waals surface area (Å²) in [5.41, 5.74) is -0.0835. The average Bonchev–Trinajstić information content (AvgIpc) is 2.93. The number of nitrogens with one attached hydrogen (secondary N) is 2. The Morgan fingerprint density at radius 2 is 2.25 bits per heavy atom. The second-order valence-electron chi connectivity index (χ2n) is 4.74. The van der Waals surface area contributed by atoms with Gasteiger partial charge in [-0.25, -0.2) is 4.79 Å². The van der Waals surface area contributed by atoms with Gasteiger partial charge in [0.25, 0.3) is 5.91 Å². The van der Waals surface area contributed by atoms with Crippen molar-refractivity contribution in [3.63, 3.8) is 0 Å². The number of fused-ring (bicyclic) bond motifs is 4. The molecule has 1 aromatic carbocycles. The number of halogens is 1. The second-order valence-corrected chi connectivity index (χ2v) is 5.14. The summed E-state index contributed by atoms with van der Waals surface area (Å²) in [5.74, 6) is 0.0509. The molecule has 1 aromatic heterocycles. The van der Waals surface area contributed by atoms with Crippen molar-refractivity contribution >= 4 is 34.4 Å². The summed E-state index contributed by atoms with van der Waals surface area (Å²) in [5, 5.41) is 6.05. The van der Waals surface area contributed by atoms with Crippen LogP contribution in [0, 0.1) is 0 Å². The van der Waals surface area contributed by atoms with Crippen LogP contribution in [-0.4, -0.2) is 23.5 Å². The number of urea groups is 1. The summed E-state index contributed by atoms with van der Waals surface area (Å²) in [6.45, 7) is 0.0337. The Balaban J connectivity index is 2.04. The van der Waals surface area contributed by atoms with Gasteiger partial charge in [0.2, 0.25) is 0 Å². The molecule has 1 unspecified atom stereocenters. The van der Waals surface area contributed by atoms with Crippen LogP contribution < -0.4 is 15.4 Å². The number of amides is 3. The van der Waals surface area contributed by atoms with E-state index in [0.29, 0.717) is 21.9 Å². The molecule has 0 bridgehead atoms. The van der Waals surface area contributed by atoms with E-state index in [-0.39, 0.29) is 6.61 Å². The van der Waals surface area contributed by atoms with Gasteiger partial charge in [0, 0.05) is 17.1 Å². The number of carbonyl (C=O) groups is 2. The van der Waals surface area contributed by atoms with Crippen LogP contribution in [0.25, 0.3) is 10.9 Å². The van der Waals surface area contributed by atoms with E-state index < -0.39 is 17.5 Å². The molecule has 1 atom stereocenters. The summed E-state index contributed by atoms with van der Waals surface area (Å²) >= 11 is 6.25. The highest BCUT2D eigenvalue weighted by Crippen LogP contribution is 2.45. The molecule has 1 spiro atoms. The number of hydrogen-bond donors (Lipinski definition) is 2. The minimum atomic E-state index is -1.21. The van der Waals surface area contributed by atoms with Crippen molar-refractivity contribution in [1.82, 2.24) is 15.6 Å². The lowest BCUT2D eigenvalue weighted by Crippen LogP contribution is -2.45. The lowest BCUT2D eigenvalue weighted by molar-refractivity contribution is -0.124. The molecule has 0 radical (unpaired) electrons.